The average molecular weight is 464 g/mol. The number of carbonyl (C=O) groups excluding carboxylic acids is 2. The number of nitrogens with zero attached hydrogens (tertiary/aromatic N) is 4. The standard InChI is InChI=1S/C22H19N5O7/c28-21(12-3-1-2-4-13(12)22(29)30)23-14-8-31-19-15(9-32-18(14)19)27-20(24-25-26-27)11-5-6-16-17(7-11)34-10-33-16/h1-7,14-15,18-19H,8-10H2,(H,23,28)(H,29,30)/p-1/t14-,15-,18+,19+/m0/s1. The number of ether oxygens (including phenoxy) is 4. The van der Waals surface area contributed by atoms with E-state index >= 15 is 0 Å². The van der Waals surface area contributed by atoms with Crippen molar-refractivity contribution in [2.24, 2.45) is 0 Å². The van der Waals surface area contributed by atoms with Crippen molar-refractivity contribution in [1.29, 1.82) is 0 Å². The quantitative estimate of drug-likeness (QED) is 0.527. The van der Waals surface area contributed by atoms with Gasteiger partial charge in [0.05, 0.1) is 25.2 Å². The van der Waals surface area contributed by atoms with Crippen molar-refractivity contribution in [2.45, 2.75) is 24.3 Å². The van der Waals surface area contributed by atoms with Crippen LogP contribution in [0.1, 0.15) is 26.8 Å². The zero-order chi connectivity index (χ0) is 23.2. The van der Waals surface area contributed by atoms with Crippen LogP contribution in [-0.2, 0) is 9.47 Å². The third-order valence-corrected chi connectivity index (χ3v) is 6.17. The second-order valence-corrected chi connectivity index (χ2v) is 8.09. The van der Waals surface area contributed by atoms with E-state index in [4.69, 9.17) is 18.9 Å². The van der Waals surface area contributed by atoms with Crippen LogP contribution in [0.5, 0.6) is 11.5 Å². The number of carboxylic acid groups (broad SMARTS) is 1. The summed E-state index contributed by atoms with van der Waals surface area (Å²) in [6.45, 7) is 0.644. The van der Waals surface area contributed by atoms with Crippen molar-refractivity contribution in [3.8, 4) is 22.9 Å². The van der Waals surface area contributed by atoms with Crippen LogP contribution in [0.4, 0.5) is 0 Å². The summed E-state index contributed by atoms with van der Waals surface area (Å²) in [5, 5.41) is 26.3. The van der Waals surface area contributed by atoms with Crippen molar-refractivity contribution in [3.05, 3.63) is 53.6 Å². The van der Waals surface area contributed by atoms with Gasteiger partial charge in [-0.1, -0.05) is 18.2 Å². The number of rotatable bonds is 5. The lowest BCUT2D eigenvalue weighted by molar-refractivity contribution is -0.255. The summed E-state index contributed by atoms with van der Waals surface area (Å²) in [7, 11) is 0. The zero-order valence-electron chi connectivity index (χ0n) is 17.6. The highest BCUT2D eigenvalue weighted by atomic mass is 16.7. The Morgan fingerprint density at radius 1 is 1.00 bits per heavy atom. The van der Waals surface area contributed by atoms with E-state index in [1.165, 1.54) is 18.2 Å². The molecule has 3 aliphatic heterocycles. The van der Waals surface area contributed by atoms with Crippen molar-refractivity contribution >= 4 is 11.9 Å². The number of tetrazole rings is 1. The lowest BCUT2D eigenvalue weighted by Gasteiger charge is -2.19. The fraction of sp³-hybridized carbons (Fsp3) is 0.318. The molecule has 0 saturated carbocycles. The third-order valence-electron chi connectivity index (χ3n) is 6.17. The number of carbonyl (C=O) groups is 2. The summed E-state index contributed by atoms with van der Waals surface area (Å²) in [4.78, 5) is 24.1. The predicted octanol–water partition coefficient (Wildman–Crippen LogP) is -0.430. The normalized spacial score (nSPS) is 24.7. The van der Waals surface area contributed by atoms with Crippen LogP contribution in [0.15, 0.2) is 42.5 Å². The van der Waals surface area contributed by atoms with Crippen LogP contribution in [0.25, 0.3) is 11.4 Å². The van der Waals surface area contributed by atoms with Gasteiger partial charge >= 0.3 is 0 Å². The maximum atomic E-state index is 12.8. The van der Waals surface area contributed by atoms with E-state index in [0.717, 1.165) is 5.56 Å². The smallest absolute Gasteiger partial charge is 0.252 e. The highest BCUT2D eigenvalue weighted by Gasteiger charge is 2.50. The van der Waals surface area contributed by atoms with Crippen LogP contribution < -0.4 is 19.9 Å². The number of hydrogen-bond acceptors (Lipinski definition) is 10. The van der Waals surface area contributed by atoms with Crippen LogP contribution >= 0.6 is 0 Å². The Hall–Kier alpha value is -4.03. The first kappa shape index (κ1) is 20.6. The van der Waals surface area contributed by atoms with E-state index in [2.05, 4.69) is 20.8 Å². The molecular formula is C22H18N5O7-. The molecule has 4 atom stereocenters. The van der Waals surface area contributed by atoms with Gasteiger partial charge in [-0.05, 0) is 34.7 Å². The Balaban J connectivity index is 1.20. The molecule has 174 valence electrons. The second-order valence-electron chi connectivity index (χ2n) is 8.09. The summed E-state index contributed by atoms with van der Waals surface area (Å²) in [6, 6.07) is 10.5. The highest BCUT2D eigenvalue weighted by Crippen LogP contribution is 2.38. The maximum absolute atomic E-state index is 12.8. The Bertz CT molecular complexity index is 1280. The SMILES string of the molecule is O=C([O-])c1ccccc1C(=O)N[C@H]1CO[C@H]2[C@@H]1OC[C@@H]2n1nnnc1-c1ccc2c(c1)OCO2. The van der Waals surface area contributed by atoms with Crippen LogP contribution in [0, 0.1) is 0 Å². The molecule has 6 rings (SSSR count). The van der Waals surface area contributed by atoms with Gasteiger partial charge in [0.1, 0.15) is 18.2 Å². The van der Waals surface area contributed by atoms with Crippen molar-refractivity contribution in [1.82, 2.24) is 25.5 Å². The molecule has 1 amide bonds. The first-order chi connectivity index (χ1) is 16.6. The van der Waals surface area contributed by atoms with Gasteiger partial charge in [0, 0.05) is 16.7 Å². The van der Waals surface area contributed by atoms with Crippen molar-refractivity contribution in [2.75, 3.05) is 20.0 Å². The summed E-state index contributed by atoms with van der Waals surface area (Å²) in [5.41, 5.74) is 0.591. The molecule has 1 N–H and O–H groups in total. The van der Waals surface area contributed by atoms with E-state index in [-0.39, 0.29) is 37.2 Å². The number of benzene rings is 2. The molecule has 1 aromatic heterocycles. The van der Waals surface area contributed by atoms with Gasteiger partial charge in [0.25, 0.3) is 5.91 Å². The predicted molar refractivity (Wildman–Crippen MR) is 110 cm³/mol. The maximum Gasteiger partial charge on any atom is 0.252 e. The lowest BCUT2D eigenvalue weighted by atomic mass is 10.0. The van der Waals surface area contributed by atoms with Gasteiger partial charge in [-0.15, -0.1) is 5.10 Å². The van der Waals surface area contributed by atoms with E-state index in [1.807, 2.05) is 12.1 Å². The lowest BCUT2D eigenvalue weighted by Crippen LogP contribution is -2.44. The molecular weight excluding hydrogens is 446 g/mol. The topological polar surface area (TPSA) is 150 Å². The van der Waals surface area contributed by atoms with Crippen molar-refractivity contribution in [3.63, 3.8) is 0 Å². The molecule has 34 heavy (non-hydrogen) atoms. The molecule has 0 spiro atoms. The summed E-state index contributed by atoms with van der Waals surface area (Å²) in [6.07, 6.45) is -0.851. The van der Waals surface area contributed by atoms with Gasteiger partial charge in [-0.25, -0.2) is 4.68 Å². The molecule has 2 aromatic carbocycles. The van der Waals surface area contributed by atoms with Gasteiger partial charge < -0.3 is 34.2 Å². The van der Waals surface area contributed by atoms with Gasteiger partial charge in [0.15, 0.2) is 17.3 Å². The average Bonchev–Trinajstić information content (AvgIpc) is 3.63. The molecule has 3 aliphatic rings. The fourth-order valence-electron chi connectivity index (χ4n) is 4.56. The molecule has 12 nitrogen and oxygen atoms in total. The van der Waals surface area contributed by atoms with Gasteiger partial charge in [0.2, 0.25) is 6.79 Å². The zero-order valence-corrected chi connectivity index (χ0v) is 17.6. The Labute approximate surface area is 192 Å². The third kappa shape index (κ3) is 3.35. The molecule has 12 heteroatoms. The minimum atomic E-state index is -1.42. The molecule has 0 radical (unpaired) electrons. The second kappa shape index (κ2) is 8.08. The molecule has 4 heterocycles. The number of amides is 1. The summed E-state index contributed by atoms with van der Waals surface area (Å²) < 4.78 is 24.4. The van der Waals surface area contributed by atoms with Crippen LogP contribution in [0.2, 0.25) is 0 Å². The minimum absolute atomic E-state index is 0.0195. The number of aromatic carboxylic acids is 1. The van der Waals surface area contributed by atoms with Crippen molar-refractivity contribution < 1.29 is 33.6 Å². The molecule has 3 aromatic rings. The largest absolute Gasteiger partial charge is 0.545 e. The molecule has 0 unspecified atom stereocenters. The monoisotopic (exact) mass is 464 g/mol. The first-order valence-corrected chi connectivity index (χ1v) is 10.6. The Kier molecular flexibility index (Phi) is 4.89. The Morgan fingerprint density at radius 2 is 1.79 bits per heavy atom. The van der Waals surface area contributed by atoms with E-state index in [0.29, 0.717) is 17.3 Å². The highest BCUT2D eigenvalue weighted by molar-refractivity contribution is 6.04. The first-order valence-electron chi connectivity index (χ1n) is 10.6. The van der Waals surface area contributed by atoms with E-state index in [9.17, 15) is 14.7 Å². The number of carboxylic acids is 1. The van der Waals surface area contributed by atoms with E-state index < -0.39 is 30.1 Å². The van der Waals surface area contributed by atoms with Gasteiger partial charge in [-0.2, -0.15) is 0 Å². The van der Waals surface area contributed by atoms with Crippen LogP contribution in [-0.4, -0.2) is 70.3 Å². The fourth-order valence-corrected chi connectivity index (χ4v) is 4.56. The van der Waals surface area contributed by atoms with Gasteiger partial charge in [-0.3, -0.25) is 4.79 Å². The van der Waals surface area contributed by atoms with Crippen LogP contribution in [0.3, 0.4) is 0 Å². The number of aromatic nitrogens is 4. The molecule has 2 saturated heterocycles. The summed E-state index contributed by atoms with van der Waals surface area (Å²) >= 11 is 0. The number of fused-ring (bicyclic) bond motifs is 2. The summed E-state index contributed by atoms with van der Waals surface area (Å²) in [5.74, 6) is -0.163. The molecule has 0 aliphatic carbocycles. The number of hydrogen-bond donors (Lipinski definition) is 1. The van der Waals surface area contributed by atoms with E-state index in [1.54, 1.807) is 16.8 Å². The Morgan fingerprint density at radius 3 is 2.65 bits per heavy atom. The molecule has 0 bridgehead atoms. The number of nitrogens with one attached hydrogen (secondary N) is 1. The molecule has 2 fully saturated rings. The minimum Gasteiger partial charge on any atom is -0.545 e.